The van der Waals surface area contributed by atoms with Crippen molar-refractivity contribution in [1.29, 1.82) is 0 Å². The van der Waals surface area contributed by atoms with Gasteiger partial charge in [0.15, 0.2) is 5.96 Å². The van der Waals surface area contributed by atoms with Crippen LogP contribution in [0.4, 0.5) is 0 Å². The van der Waals surface area contributed by atoms with E-state index < -0.39 is 10.8 Å². The van der Waals surface area contributed by atoms with Crippen LogP contribution in [0, 0.1) is 0 Å². The first-order valence-corrected chi connectivity index (χ1v) is 12.2. The third-order valence-corrected chi connectivity index (χ3v) is 7.68. The molecule has 7 heteroatoms. The van der Waals surface area contributed by atoms with Crippen molar-refractivity contribution < 1.29 is 9.00 Å². The van der Waals surface area contributed by atoms with Gasteiger partial charge in [-0.15, -0.1) is 0 Å². The summed E-state index contributed by atoms with van der Waals surface area (Å²) in [5.41, 5.74) is 2.37. The maximum absolute atomic E-state index is 12.2. The van der Waals surface area contributed by atoms with Gasteiger partial charge in [0, 0.05) is 60.9 Å². The highest BCUT2D eigenvalue weighted by Gasteiger charge is 2.26. The van der Waals surface area contributed by atoms with Crippen molar-refractivity contribution in [3.8, 4) is 0 Å². The van der Waals surface area contributed by atoms with Gasteiger partial charge in [0.2, 0.25) is 5.91 Å². The Hall–Kier alpha value is -1.89. The van der Waals surface area contributed by atoms with Crippen molar-refractivity contribution in [3.63, 3.8) is 0 Å². The molecule has 0 spiro atoms. The van der Waals surface area contributed by atoms with Gasteiger partial charge in [-0.3, -0.25) is 14.0 Å². The molecule has 1 saturated carbocycles. The van der Waals surface area contributed by atoms with E-state index in [9.17, 15) is 9.00 Å². The number of hydrogen-bond acceptors (Lipinski definition) is 3. The smallest absolute Gasteiger partial charge is 0.222 e. The lowest BCUT2D eigenvalue weighted by molar-refractivity contribution is -0.128. The molecular formula is C22H34N4O2S. The molecule has 3 unspecified atom stereocenters. The summed E-state index contributed by atoms with van der Waals surface area (Å²) in [6.45, 7) is 4.19. The summed E-state index contributed by atoms with van der Waals surface area (Å²) >= 11 is 0. The van der Waals surface area contributed by atoms with E-state index in [0.29, 0.717) is 30.8 Å². The summed E-state index contributed by atoms with van der Waals surface area (Å²) in [5, 5.41) is 7.25. The summed E-state index contributed by atoms with van der Waals surface area (Å²) in [5.74, 6) is 1.77. The Balaban J connectivity index is 1.56. The highest BCUT2D eigenvalue weighted by molar-refractivity contribution is 7.85. The number of nitrogens with one attached hydrogen (secondary N) is 2. The van der Waals surface area contributed by atoms with Gasteiger partial charge in [-0.05, 0) is 36.8 Å². The van der Waals surface area contributed by atoms with Gasteiger partial charge in [-0.1, -0.05) is 37.6 Å². The predicted octanol–water partition coefficient (Wildman–Crippen LogP) is 2.55. The molecule has 0 radical (unpaired) electrons. The molecule has 3 rings (SSSR count). The fraction of sp³-hybridized carbons (Fsp3) is 0.636. The van der Waals surface area contributed by atoms with Crippen LogP contribution >= 0.6 is 0 Å². The molecule has 2 N–H and O–H groups in total. The van der Waals surface area contributed by atoms with Gasteiger partial charge in [-0.2, -0.15) is 0 Å². The maximum Gasteiger partial charge on any atom is 0.222 e. The molecule has 1 aromatic carbocycles. The summed E-state index contributed by atoms with van der Waals surface area (Å²) < 4.78 is 12.2. The zero-order chi connectivity index (χ0) is 20.6. The highest BCUT2D eigenvalue weighted by Crippen LogP contribution is 2.23. The van der Waals surface area contributed by atoms with Crippen molar-refractivity contribution in [2.45, 2.75) is 69.8 Å². The summed E-state index contributed by atoms with van der Waals surface area (Å²) in [7, 11) is 1.06. The fourth-order valence-corrected chi connectivity index (χ4v) is 5.63. The van der Waals surface area contributed by atoms with Crippen LogP contribution in [0.5, 0.6) is 0 Å². The number of likely N-dealkylation sites (tertiary alicyclic amines) is 1. The Morgan fingerprint density at radius 3 is 2.72 bits per heavy atom. The van der Waals surface area contributed by atoms with Gasteiger partial charge in [0.05, 0.1) is 0 Å². The average molecular weight is 419 g/mol. The Labute approximate surface area is 177 Å². The lowest BCUT2D eigenvalue weighted by atomic mass is 9.95. The zero-order valence-corrected chi connectivity index (χ0v) is 18.5. The first kappa shape index (κ1) is 21.8. The van der Waals surface area contributed by atoms with E-state index in [1.54, 1.807) is 7.05 Å². The largest absolute Gasteiger partial charge is 0.354 e. The molecule has 1 aliphatic carbocycles. The highest BCUT2D eigenvalue weighted by atomic mass is 32.2. The summed E-state index contributed by atoms with van der Waals surface area (Å²) in [6, 6.07) is 8.59. The van der Waals surface area contributed by atoms with Crippen LogP contribution in [-0.2, 0) is 28.7 Å². The van der Waals surface area contributed by atoms with E-state index in [1.807, 2.05) is 24.0 Å². The monoisotopic (exact) mass is 418 g/mol. The maximum atomic E-state index is 12.2. The number of hydrogen-bond donors (Lipinski definition) is 2. The van der Waals surface area contributed by atoms with Crippen LogP contribution in [-0.4, -0.2) is 51.6 Å². The predicted molar refractivity (Wildman–Crippen MR) is 119 cm³/mol. The number of aliphatic imine (C=N–C) groups is 1. The second-order valence-electron chi connectivity index (χ2n) is 7.91. The normalized spacial score (nSPS) is 23.9. The Kier molecular flexibility index (Phi) is 8.09. The minimum absolute atomic E-state index is 0.251. The number of rotatable bonds is 7. The molecule has 1 aliphatic heterocycles. The SMILES string of the molecule is CCS(=O)C1CCCC(NC(=NC)NCc2ccccc2CN2CCCC2=O)C1. The fourth-order valence-electron chi connectivity index (χ4n) is 4.28. The van der Waals surface area contributed by atoms with E-state index in [2.05, 4.69) is 27.8 Å². The number of guanidine groups is 1. The Morgan fingerprint density at radius 1 is 1.24 bits per heavy atom. The van der Waals surface area contributed by atoms with Crippen molar-refractivity contribution in [2.24, 2.45) is 4.99 Å². The third-order valence-electron chi connectivity index (χ3n) is 5.94. The topological polar surface area (TPSA) is 73.8 Å². The Bertz CT molecular complexity index is 752. The molecule has 2 fully saturated rings. The molecule has 0 bridgehead atoms. The van der Waals surface area contributed by atoms with Crippen LogP contribution in [0.15, 0.2) is 29.3 Å². The second kappa shape index (κ2) is 10.8. The van der Waals surface area contributed by atoms with Gasteiger partial charge in [0.1, 0.15) is 0 Å². The number of carbonyl (C=O) groups excluding carboxylic acids is 1. The molecule has 2 aliphatic rings. The van der Waals surface area contributed by atoms with E-state index in [-0.39, 0.29) is 5.91 Å². The zero-order valence-electron chi connectivity index (χ0n) is 17.7. The first-order valence-electron chi connectivity index (χ1n) is 10.8. The van der Waals surface area contributed by atoms with Gasteiger partial charge < -0.3 is 15.5 Å². The minimum atomic E-state index is -0.726. The molecule has 1 heterocycles. The number of benzene rings is 1. The molecule has 1 saturated heterocycles. The molecule has 0 aromatic heterocycles. The molecular weight excluding hydrogens is 384 g/mol. The van der Waals surface area contributed by atoms with Crippen molar-refractivity contribution in [1.82, 2.24) is 15.5 Å². The van der Waals surface area contributed by atoms with Crippen LogP contribution in [0.25, 0.3) is 0 Å². The third kappa shape index (κ3) is 6.04. The second-order valence-corrected chi connectivity index (χ2v) is 9.92. The van der Waals surface area contributed by atoms with Crippen molar-refractivity contribution >= 4 is 22.7 Å². The summed E-state index contributed by atoms with van der Waals surface area (Å²) in [6.07, 6.45) is 5.83. The first-order chi connectivity index (χ1) is 14.1. The van der Waals surface area contributed by atoms with Crippen LogP contribution in [0.2, 0.25) is 0 Å². The van der Waals surface area contributed by atoms with Gasteiger partial charge in [0.25, 0.3) is 0 Å². The molecule has 1 amide bonds. The number of carbonyl (C=O) groups is 1. The quantitative estimate of drug-likeness (QED) is 0.527. The van der Waals surface area contributed by atoms with Crippen LogP contribution in [0.3, 0.4) is 0 Å². The number of nitrogens with zero attached hydrogens (tertiary/aromatic N) is 2. The van der Waals surface area contributed by atoms with E-state index in [0.717, 1.165) is 50.4 Å². The van der Waals surface area contributed by atoms with Crippen LogP contribution < -0.4 is 10.6 Å². The number of amides is 1. The molecule has 6 nitrogen and oxygen atoms in total. The van der Waals surface area contributed by atoms with Crippen molar-refractivity contribution in [2.75, 3.05) is 19.3 Å². The van der Waals surface area contributed by atoms with Crippen LogP contribution in [0.1, 0.15) is 56.6 Å². The standard InChI is InChI=1S/C22H34N4O2S/c1-3-29(28)20-11-6-10-19(14-20)25-22(23-2)24-15-17-8-4-5-9-18(17)16-26-13-7-12-21(26)27/h4-5,8-9,19-20H,3,6-7,10-16H2,1-2H3,(H2,23,24,25). The average Bonchev–Trinajstić information content (AvgIpc) is 3.16. The lowest BCUT2D eigenvalue weighted by Gasteiger charge is -2.30. The molecule has 29 heavy (non-hydrogen) atoms. The molecule has 3 atom stereocenters. The van der Waals surface area contributed by atoms with E-state index in [1.165, 1.54) is 11.1 Å². The minimum Gasteiger partial charge on any atom is -0.354 e. The summed E-state index contributed by atoms with van der Waals surface area (Å²) in [4.78, 5) is 18.3. The lowest BCUT2D eigenvalue weighted by Crippen LogP contribution is -2.46. The van der Waals surface area contributed by atoms with E-state index in [4.69, 9.17) is 0 Å². The molecule has 160 valence electrons. The molecule has 1 aromatic rings. The van der Waals surface area contributed by atoms with Gasteiger partial charge in [-0.25, -0.2) is 0 Å². The van der Waals surface area contributed by atoms with Crippen molar-refractivity contribution in [3.05, 3.63) is 35.4 Å². The van der Waals surface area contributed by atoms with Gasteiger partial charge >= 0.3 is 0 Å². The van der Waals surface area contributed by atoms with E-state index >= 15 is 0 Å². The Morgan fingerprint density at radius 2 is 2.03 bits per heavy atom.